The topological polar surface area (TPSA) is 118 Å². The largest absolute Gasteiger partial charge is 0.394 e. The van der Waals surface area contributed by atoms with Gasteiger partial charge in [0.2, 0.25) is 0 Å². The standard InChI is InChI=1S/C13H24O5.C13H20O3/c1-2-3-9-4-5-12-13(8-15,18-9)6-11(17-12)10(16)7-14;1-2-3-9-4-5-12-13(16-9)7-6-10(14)11(8-13)15-12/h9-12,14-16H,2-8H2,1H3;6-7,9-12,14H,2-5,8H2,1H3/t2*9?,10-,11-,12+,13?/m11/s1. The number of fused-ring (bicyclic) bond motifs is 2. The van der Waals surface area contributed by atoms with Crippen LogP contribution in [0.25, 0.3) is 0 Å². The lowest BCUT2D eigenvalue weighted by Gasteiger charge is -2.40. The summed E-state index contributed by atoms with van der Waals surface area (Å²) in [6.07, 6.45) is 12.2. The van der Waals surface area contributed by atoms with Crippen LogP contribution in [0.3, 0.4) is 0 Å². The van der Waals surface area contributed by atoms with E-state index in [0.29, 0.717) is 12.5 Å². The number of aliphatic hydroxyl groups is 4. The van der Waals surface area contributed by atoms with Crippen molar-refractivity contribution in [1.29, 1.82) is 0 Å². The van der Waals surface area contributed by atoms with Crippen LogP contribution in [0.4, 0.5) is 0 Å². The Morgan fingerprint density at radius 3 is 2.24 bits per heavy atom. The molecule has 4 saturated heterocycles. The average Bonchev–Trinajstić information content (AvgIpc) is 3.38. The molecule has 34 heavy (non-hydrogen) atoms. The Bertz CT molecular complexity index is 688. The summed E-state index contributed by atoms with van der Waals surface area (Å²) in [4.78, 5) is 0. The van der Waals surface area contributed by atoms with Gasteiger partial charge in [0.05, 0.1) is 55.9 Å². The maximum absolute atomic E-state index is 9.74. The zero-order chi connectivity index (χ0) is 24.3. The number of ether oxygens (including phenoxy) is 4. The number of rotatable bonds is 7. The first-order valence-electron chi connectivity index (χ1n) is 13.3. The van der Waals surface area contributed by atoms with Crippen molar-refractivity contribution in [2.45, 2.75) is 138 Å². The molecular formula is C26H44O8. The second-order valence-electron chi connectivity index (χ2n) is 10.7. The van der Waals surface area contributed by atoms with Gasteiger partial charge in [-0.15, -0.1) is 0 Å². The van der Waals surface area contributed by atoms with Gasteiger partial charge < -0.3 is 39.4 Å². The van der Waals surface area contributed by atoms with Crippen LogP contribution in [0.2, 0.25) is 0 Å². The maximum Gasteiger partial charge on any atom is 0.120 e. The molecule has 2 bridgehead atoms. The summed E-state index contributed by atoms with van der Waals surface area (Å²) in [6.45, 7) is 3.90. The second-order valence-corrected chi connectivity index (χ2v) is 10.7. The Balaban J connectivity index is 0.000000162. The summed E-state index contributed by atoms with van der Waals surface area (Å²) in [5.41, 5.74) is -0.902. The highest BCUT2D eigenvalue weighted by atomic mass is 16.6. The molecule has 4 fully saturated rings. The molecule has 1 spiro atoms. The van der Waals surface area contributed by atoms with Crippen LogP contribution in [0, 0.1) is 0 Å². The van der Waals surface area contributed by atoms with Gasteiger partial charge in [0.1, 0.15) is 17.3 Å². The molecule has 1 aliphatic carbocycles. The maximum atomic E-state index is 9.74. The van der Waals surface area contributed by atoms with Crippen molar-refractivity contribution < 1.29 is 39.4 Å². The summed E-state index contributed by atoms with van der Waals surface area (Å²) in [7, 11) is 0. The van der Waals surface area contributed by atoms with E-state index in [1.807, 2.05) is 12.2 Å². The van der Waals surface area contributed by atoms with E-state index in [9.17, 15) is 15.3 Å². The van der Waals surface area contributed by atoms with E-state index in [-0.39, 0.29) is 43.2 Å². The fourth-order valence-corrected chi connectivity index (χ4v) is 6.40. The van der Waals surface area contributed by atoms with Crippen LogP contribution in [-0.4, -0.2) is 93.7 Å². The monoisotopic (exact) mass is 484 g/mol. The minimum Gasteiger partial charge on any atom is -0.394 e. The molecule has 0 aromatic carbocycles. The van der Waals surface area contributed by atoms with E-state index in [1.54, 1.807) is 0 Å². The van der Waals surface area contributed by atoms with Gasteiger partial charge in [-0.25, -0.2) is 0 Å². The molecule has 8 nitrogen and oxygen atoms in total. The first kappa shape index (κ1) is 26.5. The van der Waals surface area contributed by atoms with E-state index in [1.165, 1.54) is 6.42 Å². The van der Waals surface area contributed by atoms with Gasteiger partial charge in [-0.2, -0.15) is 0 Å². The Hall–Kier alpha value is -0.580. The quantitative estimate of drug-likeness (QED) is 0.406. The van der Waals surface area contributed by atoms with Gasteiger partial charge in [-0.05, 0) is 38.5 Å². The highest BCUT2D eigenvalue weighted by Gasteiger charge is 2.55. The Labute approximate surface area is 203 Å². The summed E-state index contributed by atoms with van der Waals surface area (Å²) in [6, 6.07) is 0. The first-order chi connectivity index (χ1) is 16.4. The first-order valence-corrected chi connectivity index (χ1v) is 13.3. The van der Waals surface area contributed by atoms with Crippen molar-refractivity contribution in [3.8, 4) is 0 Å². The van der Waals surface area contributed by atoms with E-state index in [4.69, 9.17) is 24.1 Å². The van der Waals surface area contributed by atoms with E-state index < -0.39 is 23.9 Å². The molecule has 5 aliphatic rings. The minimum absolute atomic E-state index is 0.0459. The molecule has 5 rings (SSSR count). The summed E-state index contributed by atoms with van der Waals surface area (Å²) in [5, 5.41) is 38.1. The Morgan fingerprint density at radius 1 is 0.912 bits per heavy atom. The number of hydrogen-bond acceptors (Lipinski definition) is 8. The van der Waals surface area contributed by atoms with Crippen molar-refractivity contribution in [3.05, 3.63) is 12.2 Å². The second kappa shape index (κ2) is 11.2. The van der Waals surface area contributed by atoms with E-state index in [2.05, 4.69) is 13.8 Å². The third-order valence-corrected chi connectivity index (χ3v) is 8.23. The Kier molecular flexibility index (Phi) is 8.74. The zero-order valence-electron chi connectivity index (χ0n) is 20.7. The molecule has 4 heterocycles. The third-order valence-electron chi connectivity index (χ3n) is 8.23. The molecule has 8 heteroatoms. The van der Waals surface area contributed by atoms with Crippen molar-refractivity contribution in [3.63, 3.8) is 0 Å². The van der Waals surface area contributed by atoms with Crippen molar-refractivity contribution in [2.75, 3.05) is 13.2 Å². The molecule has 10 atom stereocenters. The predicted octanol–water partition coefficient (Wildman–Crippen LogP) is 2.00. The SMILES string of the molecule is CCCC1CC[C@@H]2O[C@@H]([C@H](O)CO)CC2(CO)O1.CCCC1CC[C@@H]2O[C@@H]3CC2(C=C[C@H]3O)O1. The highest BCUT2D eigenvalue weighted by molar-refractivity contribution is 5.21. The smallest absolute Gasteiger partial charge is 0.120 e. The Morgan fingerprint density at radius 2 is 1.59 bits per heavy atom. The lowest BCUT2D eigenvalue weighted by molar-refractivity contribution is -0.185. The fraction of sp³-hybridized carbons (Fsp3) is 0.923. The molecule has 0 radical (unpaired) electrons. The predicted molar refractivity (Wildman–Crippen MR) is 125 cm³/mol. The zero-order valence-corrected chi connectivity index (χ0v) is 20.7. The summed E-state index contributed by atoms with van der Waals surface area (Å²) < 4.78 is 23.9. The molecule has 4 aliphatic heterocycles. The minimum atomic E-state index is -0.896. The van der Waals surface area contributed by atoms with Gasteiger partial charge in [0.15, 0.2) is 0 Å². The number of hydrogen-bond donors (Lipinski definition) is 4. The lowest BCUT2D eigenvalue weighted by atomic mass is 9.82. The van der Waals surface area contributed by atoms with E-state index in [0.717, 1.165) is 51.4 Å². The molecule has 196 valence electrons. The molecule has 0 aromatic heterocycles. The molecule has 0 aromatic rings. The van der Waals surface area contributed by atoms with E-state index >= 15 is 0 Å². The van der Waals surface area contributed by atoms with Crippen molar-refractivity contribution >= 4 is 0 Å². The van der Waals surface area contributed by atoms with Gasteiger partial charge in [0.25, 0.3) is 0 Å². The van der Waals surface area contributed by atoms with Gasteiger partial charge in [0, 0.05) is 12.8 Å². The molecule has 4 N–H and O–H groups in total. The van der Waals surface area contributed by atoms with Gasteiger partial charge in [-0.1, -0.05) is 38.8 Å². The van der Waals surface area contributed by atoms with Crippen LogP contribution in [0.1, 0.15) is 78.1 Å². The molecule has 0 amide bonds. The summed E-state index contributed by atoms with van der Waals surface area (Å²) in [5.74, 6) is 0. The summed E-state index contributed by atoms with van der Waals surface area (Å²) >= 11 is 0. The van der Waals surface area contributed by atoms with Crippen LogP contribution >= 0.6 is 0 Å². The fourth-order valence-electron chi connectivity index (χ4n) is 6.40. The van der Waals surface area contributed by atoms with Crippen LogP contribution in [0.15, 0.2) is 12.2 Å². The normalized spacial score (nSPS) is 45.8. The van der Waals surface area contributed by atoms with Gasteiger partial charge >= 0.3 is 0 Å². The lowest BCUT2D eigenvalue weighted by Crippen LogP contribution is -2.51. The molecular weight excluding hydrogens is 440 g/mol. The highest BCUT2D eigenvalue weighted by Crippen LogP contribution is 2.46. The van der Waals surface area contributed by atoms with Crippen molar-refractivity contribution in [2.24, 2.45) is 0 Å². The molecule has 4 unspecified atom stereocenters. The molecule has 0 saturated carbocycles. The van der Waals surface area contributed by atoms with Crippen molar-refractivity contribution in [1.82, 2.24) is 0 Å². The van der Waals surface area contributed by atoms with Gasteiger partial charge in [-0.3, -0.25) is 0 Å². The van der Waals surface area contributed by atoms with Crippen LogP contribution in [0.5, 0.6) is 0 Å². The average molecular weight is 485 g/mol. The van der Waals surface area contributed by atoms with Crippen LogP contribution < -0.4 is 0 Å². The van der Waals surface area contributed by atoms with Crippen LogP contribution in [-0.2, 0) is 18.9 Å². The third kappa shape index (κ3) is 5.25. The number of aliphatic hydroxyl groups excluding tert-OH is 4.